The van der Waals surface area contributed by atoms with E-state index in [9.17, 15) is 0 Å². The molecule has 4 heteroatoms. The molecule has 0 heterocycles. The maximum atomic E-state index is 0. The number of rotatable bonds is 0. The van der Waals surface area contributed by atoms with Crippen molar-refractivity contribution in [2.24, 2.45) is 0 Å². The zero-order valence-electron chi connectivity index (χ0n) is 0. The van der Waals surface area contributed by atoms with Crippen LogP contribution in [0.2, 0.25) is 0 Å². The van der Waals surface area contributed by atoms with Crippen LogP contribution in [0.4, 0.5) is 0 Å². The summed E-state index contributed by atoms with van der Waals surface area (Å²) in [7, 11) is 0. The van der Waals surface area contributed by atoms with Crippen molar-refractivity contribution in [2.75, 3.05) is 0 Å². The first-order valence-corrected chi connectivity index (χ1v) is 0. The molecule has 0 aliphatic carbocycles. The summed E-state index contributed by atoms with van der Waals surface area (Å²) in [5.41, 5.74) is 0. The third kappa shape index (κ3) is 8.83. The Hall–Kier alpha value is 2.73. The van der Waals surface area contributed by atoms with Crippen molar-refractivity contribution in [3.05, 3.63) is 0 Å². The fraction of sp³-hybridized carbons (Fsp3) is 0. The van der Waals surface area contributed by atoms with Gasteiger partial charge < -0.3 is 0 Å². The second kappa shape index (κ2) is 17.2. The van der Waals surface area contributed by atoms with Gasteiger partial charge in [0.15, 0.2) is 17.4 Å². The monoisotopic (exact) mass is 70.1 g/mol. The van der Waals surface area contributed by atoms with Crippen molar-refractivity contribution in [3.63, 3.8) is 0 Å². The average molecular weight is 69.9 g/mol. The van der Waals surface area contributed by atoms with Crippen molar-refractivity contribution in [1.29, 1.82) is 0 Å². The van der Waals surface area contributed by atoms with E-state index in [1.807, 2.05) is 0 Å². The van der Waals surface area contributed by atoms with Gasteiger partial charge in [0.05, 0.1) is 0 Å². The Morgan fingerprint density at radius 2 is 0.750 bits per heavy atom. The van der Waals surface area contributed by atoms with E-state index in [-0.39, 0.29) is 84.6 Å². The third-order valence-electron chi connectivity index (χ3n) is 0. The van der Waals surface area contributed by atoms with Gasteiger partial charge in [0.1, 0.15) is 0 Å². The van der Waals surface area contributed by atoms with Crippen molar-refractivity contribution < 1.29 is 0 Å². The quantitative estimate of drug-likeness (QED) is 0.264. The molecule has 0 rings (SSSR count). The first-order valence-electron chi connectivity index (χ1n) is 0. The third-order valence-corrected chi connectivity index (χ3v) is 0. The van der Waals surface area contributed by atoms with E-state index in [1.165, 1.54) is 0 Å². The summed E-state index contributed by atoms with van der Waals surface area (Å²) in [5, 5.41) is 0. The number of hydrogen-bond acceptors (Lipinski definition) is 0. The molecule has 0 aromatic heterocycles. The van der Waals surface area contributed by atoms with Crippen LogP contribution in [0.5, 0.6) is 0 Å². The van der Waals surface area contributed by atoms with Gasteiger partial charge in [-0.15, -0.1) is 0 Å². The molecule has 0 saturated carbocycles. The Bertz CT molecular complexity index is 6.00. The molecule has 12 valence electrons. The molecule has 0 bridgehead atoms. The molecule has 0 spiro atoms. The Morgan fingerprint density at radius 3 is 0.750 bits per heavy atom. The molecule has 0 radical (unpaired) electrons. The normalized spacial score (nSPS) is 0. The van der Waals surface area contributed by atoms with E-state index >= 15 is 0 Å². The predicted octanol–water partition coefficient (Wildman–Crippen LogP) is -3.13. The Labute approximate surface area is 83.3 Å². The summed E-state index contributed by atoms with van der Waals surface area (Å²) >= 11 is 0. The van der Waals surface area contributed by atoms with Crippen LogP contribution in [0.25, 0.3) is 0 Å². The second-order valence-corrected chi connectivity index (χ2v) is 0. The van der Waals surface area contributed by atoms with E-state index in [2.05, 4.69) is 0 Å². The van der Waals surface area contributed by atoms with Crippen molar-refractivity contribution in [2.45, 2.75) is 0 Å². The standard InChI is InChI=1S/Al.2Li.Na.6H. The first kappa shape index (κ1) is 29.7. The van der Waals surface area contributed by atoms with Gasteiger partial charge in [-0.3, -0.25) is 0 Å². The van der Waals surface area contributed by atoms with Gasteiger partial charge >= 0.3 is 67.3 Å². The van der Waals surface area contributed by atoms with E-state index in [1.54, 1.807) is 0 Å². The Morgan fingerprint density at radius 1 is 0.750 bits per heavy atom. The van der Waals surface area contributed by atoms with Gasteiger partial charge in [-0.2, -0.15) is 0 Å². The van der Waals surface area contributed by atoms with Crippen molar-refractivity contribution >= 4 is 84.6 Å². The van der Waals surface area contributed by atoms with Crippen LogP contribution in [0.1, 0.15) is 0 Å². The summed E-state index contributed by atoms with van der Waals surface area (Å²) < 4.78 is 0. The maximum absolute atomic E-state index is 0. The SMILES string of the molecule is [AlH3].[LiH].[LiH].[NaH]. The van der Waals surface area contributed by atoms with E-state index in [0.717, 1.165) is 0 Å². The molecular formula is H6AlLi2Na. The fourth-order valence-electron chi connectivity index (χ4n) is 0. The minimum absolute atomic E-state index is 0. The number of hydrogen-bond donors (Lipinski definition) is 0. The molecule has 0 N–H and O–H groups in total. The van der Waals surface area contributed by atoms with Gasteiger partial charge in [-0.25, -0.2) is 0 Å². The average Bonchev–Trinajstić information content (AvgIpc) is 0. The van der Waals surface area contributed by atoms with E-state index in [4.69, 9.17) is 0 Å². The zero-order chi connectivity index (χ0) is 0. The van der Waals surface area contributed by atoms with E-state index in [0.29, 0.717) is 0 Å². The van der Waals surface area contributed by atoms with Crippen molar-refractivity contribution in [3.8, 4) is 0 Å². The summed E-state index contributed by atoms with van der Waals surface area (Å²) in [6.07, 6.45) is 0. The molecule has 0 aromatic rings. The molecule has 0 atom stereocenters. The van der Waals surface area contributed by atoms with Crippen LogP contribution in [0.3, 0.4) is 0 Å². The topological polar surface area (TPSA) is 0 Å². The molecule has 0 aromatic carbocycles. The molecule has 0 unspecified atom stereocenters. The van der Waals surface area contributed by atoms with Gasteiger partial charge in [0.2, 0.25) is 0 Å². The fourth-order valence-corrected chi connectivity index (χ4v) is 0. The van der Waals surface area contributed by atoms with Gasteiger partial charge in [0, 0.05) is 0 Å². The van der Waals surface area contributed by atoms with E-state index < -0.39 is 0 Å². The van der Waals surface area contributed by atoms with Gasteiger partial charge in [-0.1, -0.05) is 0 Å². The van der Waals surface area contributed by atoms with Crippen molar-refractivity contribution in [1.82, 2.24) is 0 Å². The van der Waals surface area contributed by atoms with Crippen LogP contribution in [0, 0.1) is 0 Å². The summed E-state index contributed by atoms with van der Waals surface area (Å²) in [6.45, 7) is 0. The second-order valence-electron chi connectivity index (χ2n) is 0. The molecule has 0 nitrogen and oxygen atoms in total. The van der Waals surface area contributed by atoms with Crippen LogP contribution >= 0.6 is 0 Å². The summed E-state index contributed by atoms with van der Waals surface area (Å²) in [5.74, 6) is 0. The summed E-state index contributed by atoms with van der Waals surface area (Å²) in [4.78, 5) is 0. The molecule has 0 fully saturated rings. The molecule has 0 amide bonds. The van der Waals surface area contributed by atoms with Gasteiger partial charge in [0.25, 0.3) is 0 Å². The van der Waals surface area contributed by atoms with Gasteiger partial charge in [-0.05, 0) is 0 Å². The van der Waals surface area contributed by atoms with Crippen LogP contribution < -0.4 is 0 Å². The first-order chi connectivity index (χ1) is 0. The predicted molar refractivity (Wildman–Crippen MR) is 31.4 cm³/mol. The molecule has 0 aliphatic heterocycles. The summed E-state index contributed by atoms with van der Waals surface area (Å²) in [6, 6.07) is 0. The Kier molecular flexibility index (Phi) is 128. The Balaban J connectivity index is 0. The van der Waals surface area contributed by atoms with Crippen LogP contribution in [0.15, 0.2) is 0 Å². The van der Waals surface area contributed by atoms with Crippen LogP contribution in [-0.4, -0.2) is 84.6 Å². The molecule has 0 saturated heterocycles. The van der Waals surface area contributed by atoms with Crippen LogP contribution in [-0.2, 0) is 0 Å². The zero-order valence-corrected chi connectivity index (χ0v) is 0. The molecule has 4 heavy (non-hydrogen) atoms. The minimum atomic E-state index is 0. The molecular weight excluding hydrogens is 63.9 g/mol. The molecule has 0 aliphatic rings.